The van der Waals surface area contributed by atoms with Gasteiger partial charge >= 0.3 is 0 Å². The van der Waals surface area contributed by atoms with Gasteiger partial charge in [0, 0.05) is 13.1 Å². The van der Waals surface area contributed by atoms with Gasteiger partial charge in [-0.2, -0.15) is 0 Å². The molecule has 2 nitrogen and oxygen atoms in total. The number of hydrogen-bond donors (Lipinski definition) is 1. The number of rotatable bonds is 5. The maximum Gasteiger partial charge on any atom is 0.123 e. The summed E-state index contributed by atoms with van der Waals surface area (Å²) in [5.41, 5.74) is 1.14. The number of aliphatic hydroxyl groups is 1. The molecule has 0 radical (unpaired) electrons. The molecule has 1 aliphatic rings. The summed E-state index contributed by atoms with van der Waals surface area (Å²) >= 11 is 0. The van der Waals surface area contributed by atoms with E-state index in [0.717, 1.165) is 37.9 Å². The molecule has 0 saturated carbocycles. The number of likely N-dealkylation sites (tertiary alicyclic amines) is 1. The van der Waals surface area contributed by atoms with Gasteiger partial charge in [0.25, 0.3) is 0 Å². The zero-order chi connectivity index (χ0) is 12.8. The molecule has 1 fully saturated rings. The van der Waals surface area contributed by atoms with E-state index in [4.69, 9.17) is 0 Å². The van der Waals surface area contributed by atoms with E-state index in [2.05, 4.69) is 4.90 Å². The first-order valence-electron chi connectivity index (χ1n) is 6.92. The van der Waals surface area contributed by atoms with Crippen molar-refractivity contribution in [3.05, 3.63) is 35.6 Å². The zero-order valence-corrected chi connectivity index (χ0v) is 10.8. The number of piperidine rings is 1. The van der Waals surface area contributed by atoms with Gasteiger partial charge in [-0.3, -0.25) is 4.90 Å². The van der Waals surface area contributed by atoms with Crippen LogP contribution in [0, 0.1) is 5.82 Å². The smallest absolute Gasteiger partial charge is 0.123 e. The minimum Gasteiger partial charge on any atom is -0.378 e. The summed E-state index contributed by atoms with van der Waals surface area (Å²) < 4.78 is 12.7. The number of aryl methyl sites for hydroxylation is 1. The van der Waals surface area contributed by atoms with E-state index >= 15 is 0 Å². The first-order valence-corrected chi connectivity index (χ1v) is 6.92. The Morgan fingerprint density at radius 2 is 1.78 bits per heavy atom. The molecule has 0 spiro atoms. The van der Waals surface area contributed by atoms with Crippen molar-refractivity contribution in [1.29, 1.82) is 0 Å². The number of hydrogen-bond acceptors (Lipinski definition) is 2. The summed E-state index contributed by atoms with van der Waals surface area (Å²) in [6, 6.07) is 6.64. The van der Waals surface area contributed by atoms with Gasteiger partial charge in [-0.1, -0.05) is 18.6 Å². The Hall–Kier alpha value is -0.930. The van der Waals surface area contributed by atoms with Crippen molar-refractivity contribution in [1.82, 2.24) is 4.90 Å². The lowest BCUT2D eigenvalue weighted by atomic mass is 10.1. The zero-order valence-electron chi connectivity index (χ0n) is 10.8. The Morgan fingerprint density at radius 3 is 2.44 bits per heavy atom. The number of benzene rings is 1. The lowest BCUT2D eigenvalue weighted by molar-refractivity contribution is -0.0144. The third-order valence-electron chi connectivity index (χ3n) is 3.65. The minimum atomic E-state index is -0.300. The lowest BCUT2D eigenvalue weighted by Gasteiger charge is -2.31. The van der Waals surface area contributed by atoms with E-state index in [0.29, 0.717) is 0 Å². The van der Waals surface area contributed by atoms with Crippen LogP contribution in [-0.4, -0.2) is 29.3 Å². The van der Waals surface area contributed by atoms with Crippen molar-refractivity contribution in [2.75, 3.05) is 13.1 Å². The third kappa shape index (κ3) is 4.07. The van der Waals surface area contributed by atoms with Crippen molar-refractivity contribution < 1.29 is 9.50 Å². The van der Waals surface area contributed by atoms with Gasteiger partial charge in [0.15, 0.2) is 0 Å². The molecule has 0 aliphatic carbocycles. The number of aliphatic hydroxyl groups excluding tert-OH is 1. The van der Waals surface area contributed by atoms with Crippen LogP contribution in [0.1, 0.15) is 37.7 Å². The topological polar surface area (TPSA) is 23.5 Å². The van der Waals surface area contributed by atoms with Crippen LogP contribution in [0.5, 0.6) is 0 Å². The molecule has 100 valence electrons. The van der Waals surface area contributed by atoms with Gasteiger partial charge in [-0.25, -0.2) is 4.39 Å². The van der Waals surface area contributed by atoms with Crippen LogP contribution in [0.4, 0.5) is 4.39 Å². The van der Waals surface area contributed by atoms with Crippen molar-refractivity contribution >= 4 is 0 Å². The summed E-state index contributed by atoms with van der Waals surface area (Å²) in [5, 5.41) is 10.1. The molecule has 0 bridgehead atoms. The SMILES string of the molecule is OC(CCCc1ccc(F)cc1)N1CCCCC1. The molecule has 1 aromatic rings. The second-order valence-electron chi connectivity index (χ2n) is 5.10. The molecule has 1 N–H and O–H groups in total. The summed E-state index contributed by atoms with van der Waals surface area (Å²) in [7, 11) is 0. The standard InChI is InChI=1S/C15H22FNO/c16-14-9-7-13(8-10-14)5-4-6-15(18)17-11-2-1-3-12-17/h7-10,15,18H,1-6,11-12H2. The van der Waals surface area contributed by atoms with E-state index in [9.17, 15) is 9.50 Å². The Labute approximate surface area is 108 Å². The fourth-order valence-corrected chi connectivity index (χ4v) is 2.54. The molecule has 3 heteroatoms. The Bertz CT molecular complexity index is 346. The molecule has 1 atom stereocenters. The minimum absolute atomic E-state index is 0.188. The second kappa shape index (κ2) is 6.86. The summed E-state index contributed by atoms with van der Waals surface area (Å²) in [4.78, 5) is 2.17. The van der Waals surface area contributed by atoms with Gasteiger partial charge < -0.3 is 5.11 Å². The van der Waals surface area contributed by atoms with Gasteiger partial charge in [0.1, 0.15) is 12.0 Å². The maximum atomic E-state index is 12.7. The summed E-state index contributed by atoms with van der Waals surface area (Å²) in [6.07, 6.45) is 6.06. The van der Waals surface area contributed by atoms with Crippen molar-refractivity contribution in [2.45, 2.75) is 44.8 Å². The first-order chi connectivity index (χ1) is 8.75. The van der Waals surface area contributed by atoms with E-state index in [1.165, 1.54) is 31.4 Å². The highest BCUT2D eigenvalue weighted by Gasteiger charge is 2.17. The summed E-state index contributed by atoms with van der Waals surface area (Å²) in [5.74, 6) is -0.188. The highest BCUT2D eigenvalue weighted by molar-refractivity contribution is 5.15. The molecular formula is C15H22FNO. The van der Waals surface area contributed by atoms with E-state index < -0.39 is 0 Å². The van der Waals surface area contributed by atoms with Crippen LogP contribution in [0.15, 0.2) is 24.3 Å². The quantitative estimate of drug-likeness (QED) is 0.869. The van der Waals surface area contributed by atoms with E-state index in [1.807, 2.05) is 12.1 Å². The fraction of sp³-hybridized carbons (Fsp3) is 0.600. The third-order valence-corrected chi connectivity index (χ3v) is 3.65. The molecule has 0 aromatic heterocycles. The average Bonchev–Trinajstić information content (AvgIpc) is 2.42. The Morgan fingerprint density at radius 1 is 1.11 bits per heavy atom. The molecule has 1 heterocycles. The Kier molecular flexibility index (Phi) is 5.14. The van der Waals surface area contributed by atoms with E-state index in [-0.39, 0.29) is 12.0 Å². The molecule has 0 amide bonds. The van der Waals surface area contributed by atoms with Crippen LogP contribution < -0.4 is 0 Å². The monoisotopic (exact) mass is 251 g/mol. The fourth-order valence-electron chi connectivity index (χ4n) is 2.54. The van der Waals surface area contributed by atoms with Crippen LogP contribution in [-0.2, 0) is 6.42 Å². The van der Waals surface area contributed by atoms with Crippen LogP contribution in [0.2, 0.25) is 0 Å². The van der Waals surface area contributed by atoms with Gasteiger partial charge in [0.05, 0.1) is 0 Å². The Balaban J connectivity index is 1.69. The van der Waals surface area contributed by atoms with Crippen molar-refractivity contribution in [3.63, 3.8) is 0 Å². The largest absolute Gasteiger partial charge is 0.378 e. The molecule has 1 aromatic carbocycles. The highest BCUT2D eigenvalue weighted by Crippen LogP contribution is 2.15. The van der Waals surface area contributed by atoms with Crippen molar-refractivity contribution in [3.8, 4) is 0 Å². The molecule has 2 rings (SSSR count). The van der Waals surface area contributed by atoms with Crippen LogP contribution in [0.3, 0.4) is 0 Å². The predicted octanol–water partition coefficient (Wildman–Crippen LogP) is 2.95. The molecule has 1 saturated heterocycles. The van der Waals surface area contributed by atoms with Crippen LogP contribution >= 0.6 is 0 Å². The molecular weight excluding hydrogens is 229 g/mol. The molecule has 1 aliphatic heterocycles. The number of halogens is 1. The van der Waals surface area contributed by atoms with E-state index in [1.54, 1.807) is 0 Å². The van der Waals surface area contributed by atoms with Gasteiger partial charge in [-0.15, -0.1) is 0 Å². The highest BCUT2D eigenvalue weighted by atomic mass is 19.1. The normalized spacial score (nSPS) is 18.8. The molecule has 18 heavy (non-hydrogen) atoms. The van der Waals surface area contributed by atoms with Gasteiger partial charge in [0.2, 0.25) is 0 Å². The van der Waals surface area contributed by atoms with Crippen LogP contribution in [0.25, 0.3) is 0 Å². The maximum absolute atomic E-state index is 12.7. The lowest BCUT2D eigenvalue weighted by Crippen LogP contribution is -2.39. The molecule has 1 unspecified atom stereocenters. The first kappa shape index (κ1) is 13.5. The van der Waals surface area contributed by atoms with Gasteiger partial charge in [-0.05, 0) is 49.8 Å². The predicted molar refractivity (Wildman–Crippen MR) is 70.8 cm³/mol. The number of nitrogens with zero attached hydrogens (tertiary/aromatic N) is 1. The second-order valence-corrected chi connectivity index (χ2v) is 5.10. The van der Waals surface area contributed by atoms with Crippen molar-refractivity contribution in [2.24, 2.45) is 0 Å². The average molecular weight is 251 g/mol. The summed E-state index contributed by atoms with van der Waals surface area (Å²) in [6.45, 7) is 2.05.